The molecule has 0 aromatic heterocycles. The maximum Gasteiger partial charge on any atom is 0.164 e. The number of hydrogen-bond acceptors (Lipinski definition) is 2. The molecule has 54 valence electrons. The zero-order valence-corrected chi connectivity index (χ0v) is 6.11. The zero-order chi connectivity index (χ0) is 7.61. The number of carbonyl (C=O) groups is 1. The van der Waals surface area contributed by atoms with Crippen LogP contribution < -0.4 is 5.32 Å². The molecule has 0 heterocycles. The van der Waals surface area contributed by atoms with E-state index in [1.54, 1.807) is 7.05 Å². The van der Waals surface area contributed by atoms with Gasteiger partial charge in [-0.05, 0) is 19.9 Å². The Bertz CT molecular complexity index is 186. The summed E-state index contributed by atoms with van der Waals surface area (Å²) < 4.78 is 0. The summed E-state index contributed by atoms with van der Waals surface area (Å²) in [5.41, 5.74) is -0.230. The average molecular weight is 137 g/mol. The number of Topliss-reactive ketones (excluding diaryl/α,β-unsaturated/α-hetero) is 1. The van der Waals surface area contributed by atoms with Gasteiger partial charge in [0.2, 0.25) is 0 Å². The molecular formula is C8H11NO. The van der Waals surface area contributed by atoms with Crippen LogP contribution in [0.4, 0.5) is 0 Å². The van der Waals surface area contributed by atoms with Crippen LogP contribution in [0, 0.1) is 12.3 Å². The van der Waals surface area contributed by atoms with Crippen LogP contribution in [-0.2, 0) is 4.79 Å². The Morgan fingerprint density at radius 1 is 1.80 bits per heavy atom. The molecular weight excluding hydrogens is 126 g/mol. The highest BCUT2D eigenvalue weighted by Gasteiger charge is 2.47. The largest absolute Gasteiger partial charge is 0.308 e. The SMILES string of the molecule is C#CCC(=O)C1(NC)CC1. The standard InChI is InChI=1S/C8H11NO/c1-3-4-7(10)8(9-2)5-6-8/h1,9H,4-6H2,2H3. The number of likely N-dealkylation sites (N-methyl/N-ethyl adjacent to an activating group) is 1. The highest BCUT2D eigenvalue weighted by Crippen LogP contribution is 2.36. The van der Waals surface area contributed by atoms with E-state index < -0.39 is 0 Å². The van der Waals surface area contributed by atoms with Gasteiger partial charge in [-0.1, -0.05) is 5.92 Å². The second-order valence-electron chi connectivity index (χ2n) is 2.64. The molecule has 0 bridgehead atoms. The first-order chi connectivity index (χ1) is 4.75. The molecule has 1 N–H and O–H groups in total. The predicted molar refractivity (Wildman–Crippen MR) is 39.5 cm³/mol. The summed E-state index contributed by atoms with van der Waals surface area (Å²) in [4.78, 5) is 11.2. The van der Waals surface area contributed by atoms with Crippen molar-refractivity contribution in [1.29, 1.82) is 0 Å². The molecule has 10 heavy (non-hydrogen) atoms. The molecule has 2 nitrogen and oxygen atoms in total. The van der Waals surface area contributed by atoms with Crippen LogP contribution in [-0.4, -0.2) is 18.4 Å². The Kier molecular flexibility index (Phi) is 1.78. The van der Waals surface area contributed by atoms with Gasteiger partial charge in [0.15, 0.2) is 5.78 Å². The second kappa shape index (κ2) is 2.43. The highest BCUT2D eigenvalue weighted by molar-refractivity contribution is 5.92. The number of terminal acetylenes is 1. The quantitative estimate of drug-likeness (QED) is 0.568. The molecule has 0 spiro atoms. The lowest BCUT2D eigenvalue weighted by molar-refractivity contribution is -0.120. The highest BCUT2D eigenvalue weighted by atomic mass is 16.1. The monoisotopic (exact) mass is 137 g/mol. The lowest BCUT2D eigenvalue weighted by atomic mass is 10.1. The van der Waals surface area contributed by atoms with Crippen molar-refractivity contribution in [1.82, 2.24) is 5.32 Å². The Labute approximate surface area is 61.0 Å². The van der Waals surface area contributed by atoms with Gasteiger partial charge in [-0.15, -0.1) is 6.42 Å². The molecule has 1 aliphatic rings. The lowest BCUT2D eigenvalue weighted by Gasteiger charge is -2.09. The summed E-state index contributed by atoms with van der Waals surface area (Å²) >= 11 is 0. The topological polar surface area (TPSA) is 29.1 Å². The van der Waals surface area contributed by atoms with Gasteiger partial charge >= 0.3 is 0 Å². The van der Waals surface area contributed by atoms with Gasteiger partial charge in [0.25, 0.3) is 0 Å². The van der Waals surface area contributed by atoms with Crippen molar-refractivity contribution in [3.63, 3.8) is 0 Å². The van der Waals surface area contributed by atoms with E-state index in [2.05, 4.69) is 11.2 Å². The average Bonchev–Trinajstić information content (AvgIpc) is 2.68. The molecule has 1 fully saturated rings. The van der Waals surface area contributed by atoms with Crippen molar-refractivity contribution in [3.05, 3.63) is 0 Å². The van der Waals surface area contributed by atoms with Crippen LogP contribution in [0.3, 0.4) is 0 Å². The van der Waals surface area contributed by atoms with Gasteiger partial charge in [0.05, 0.1) is 12.0 Å². The second-order valence-corrected chi connectivity index (χ2v) is 2.64. The molecule has 1 aliphatic carbocycles. The summed E-state index contributed by atoms with van der Waals surface area (Å²) in [7, 11) is 1.81. The third-order valence-corrected chi connectivity index (χ3v) is 2.02. The van der Waals surface area contributed by atoms with Crippen molar-refractivity contribution in [2.45, 2.75) is 24.8 Å². The predicted octanol–water partition coefficient (Wildman–Crippen LogP) is 0.331. The van der Waals surface area contributed by atoms with Gasteiger partial charge in [-0.3, -0.25) is 4.79 Å². The fraction of sp³-hybridized carbons (Fsp3) is 0.625. The van der Waals surface area contributed by atoms with E-state index in [0.29, 0.717) is 0 Å². The van der Waals surface area contributed by atoms with Crippen LogP contribution in [0.1, 0.15) is 19.3 Å². The van der Waals surface area contributed by atoms with Crippen molar-refractivity contribution >= 4 is 5.78 Å². The van der Waals surface area contributed by atoms with Gasteiger partial charge in [0, 0.05) is 0 Å². The maximum atomic E-state index is 11.2. The summed E-state index contributed by atoms with van der Waals surface area (Å²) in [5, 5.41) is 2.99. The smallest absolute Gasteiger partial charge is 0.164 e. The van der Waals surface area contributed by atoms with E-state index >= 15 is 0 Å². The first-order valence-corrected chi connectivity index (χ1v) is 3.41. The number of carbonyl (C=O) groups excluding carboxylic acids is 1. The van der Waals surface area contributed by atoms with Crippen molar-refractivity contribution in [2.24, 2.45) is 0 Å². The number of rotatable bonds is 3. The molecule has 0 radical (unpaired) electrons. The van der Waals surface area contributed by atoms with Gasteiger partial charge in [0.1, 0.15) is 0 Å². The molecule has 0 aliphatic heterocycles. The van der Waals surface area contributed by atoms with Gasteiger partial charge in [-0.25, -0.2) is 0 Å². The van der Waals surface area contributed by atoms with Gasteiger partial charge in [-0.2, -0.15) is 0 Å². The van der Waals surface area contributed by atoms with E-state index in [4.69, 9.17) is 6.42 Å². The minimum atomic E-state index is -0.230. The third kappa shape index (κ3) is 1.05. The molecule has 1 rings (SSSR count). The maximum absolute atomic E-state index is 11.2. The Morgan fingerprint density at radius 3 is 2.70 bits per heavy atom. The minimum Gasteiger partial charge on any atom is -0.308 e. The molecule has 1 saturated carbocycles. The van der Waals surface area contributed by atoms with E-state index in [9.17, 15) is 4.79 Å². The molecule has 0 unspecified atom stereocenters. The molecule has 2 heteroatoms. The number of ketones is 1. The van der Waals surface area contributed by atoms with Crippen LogP contribution in [0.15, 0.2) is 0 Å². The van der Waals surface area contributed by atoms with E-state index in [1.807, 2.05) is 0 Å². The molecule has 0 atom stereocenters. The normalized spacial score (nSPS) is 19.6. The Hall–Kier alpha value is -0.810. The van der Waals surface area contributed by atoms with Crippen molar-refractivity contribution in [2.75, 3.05) is 7.05 Å². The third-order valence-electron chi connectivity index (χ3n) is 2.02. The fourth-order valence-electron chi connectivity index (χ4n) is 1.06. The molecule has 0 saturated heterocycles. The first kappa shape index (κ1) is 7.30. The molecule has 0 amide bonds. The first-order valence-electron chi connectivity index (χ1n) is 3.41. The number of nitrogens with one attached hydrogen (secondary N) is 1. The lowest BCUT2D eigenvalue weighted by Crippen LogP contribution is -2.36. The summed E-state index contributed by atoms with van der Waals surface area (Å²) in [6.07, 6.45) is 7.17. The van der Waals surface area contributed by atoms with Crippen LogP contribution in [0.2, 0.25) is 0 Å². The minimum absolute atomic E-state index is 0.164. The summed E-state index contributed by atoms with van der Waals surface area (Å²) in [6.45, 7) is 0. The fourth-order valence-corrected chi connectivity index (χ4v) is 1.06. The summed E-state index contributed by atoms with van der Waals surface area (Å²) in [5.74, 6) is 2.52. The van der Waals surface area contributed by atoms with Gasteiger partial charge < -0.3 is 5.32 Å². The Morgan fingerprint density at radius 2 is 2.40 bits per heavy atom. The van der Waals surface area contributed by atoms with E-state index in [1.165, 1.54) is 0 Å². The van der Waals surface area contributed by atoms with Crippen LogP contribution >= 0.6 is 0 Å². The zero-order valence-electron chi connectivity index (χ0n) is 6.11. The number of hydrogen-bond donors (Lipinski definition) is 1. The van der Waals surface area contributed by atoms with E-state index in [-0.39, 0.29) is 17.7 Å². The Balaban J connectivity index is 2.50. The molecule has 0 aromatic rings. The molecule has 0 aromatic carbocycles. The van der Waals surface area contributed by atoms with Crippen molar-refractivity contribution < 1.29 is 4.79 Å². The summed E-state index contributed by atoms with van der Waals surface area (Å²) in [6, 6.07) is 0. The van der Waals surface area contributed by atoms with Crippen LogP contribution in [0.5, 0.6) is 0 Å². The van der Waals surface area contributed by atoms with Crippen LogP contribution in [0.25, 0.3) is 0 Å². The van der Waals surface area contributed by atoms with E-state index in [0.717, 1.165) is 12.8 Å². The van der Waals surface area contributed by atoms with Crippen molar-refractivity contribution in [3.8, 4) is 12.3 Å².